The molecule has 0 aromatic carbocycles. The molecule has 0 aromatic rings. The van der Waals surface area contributed by atoms with Crippen LogP contribution in [0.5, 0.6) is 0 Å². The van der Waals surface area contributed by atoms with Crippen LogP contribution in [0.3, 0.4) is 0 Å². The highest BCUT2D eigenvalue weighted by atomic mass is 16.6. The lowest BCUT2D eigenvalue weighted by molar-refractivity contribution is -0.161. The summed E-state index contributed by atoms with van der Waals surface area (Å²) >= 11 is 0. The van der Waals surface area contributed by atoms with Gasteiger partial charge < -0.3 is 14.6 Å². The number of rotatable bonds is 50. The van der Waals surface area contributed by atoms with Crippen LogP contribution >= 0.6 is 0 Å². The third-order valence-corrected chi connectivity index (χ3v) is 11.8. The summed E-state index contributed by atoms with van der Waals surface area (Å²) in [4.78, 5) is 24.5. The number of aliphatic hydroxyl groups excluding tert-OH is 1. The van der Waals surface area contributed by atoms with Gasteiger partial charge in [-0.25, -0.2) is 0 Å². The zero-order valence-corrected chi connectivity index (χ0v) is 43.6. The average molecular weight is 930 g/mol. The van der Waals surface area contributed by atoms with E-state index < -0.39 is 6.10 Å². The molecule has 1 atom stereocenters. The molecule has 382 valence electrons. The van der Waals surface area contributed by atoms with E-state index in [1.54, 1.807) is 0 Å². The Kier molecular flexibility index (Phi) is 54.0. The van der Waals surface area contributed by atoms with Crippen molar-refractivity contribution in [2.24, 2.45) is 0 Å². The molecule has 5 heteroatoms. The van der Waals surface area contributed by atoms with Crippen LogP contribution in [-0.2, 0) is 19.1 Å². The highest BCUT2D eigenvalue weighted by Crippen LogP contribution is 2.16. The van der Waals surface area contributed by atoms with Crippen LogP contribution in [0.4, 0.5) is 0 Å². The van der Waals surface area contributed by atoms with Gasteiger partial charge in [0.15, 0.2) is 6.10 Å². The van der Waals surface area contributed by atoms with Gasteiger partial charge in [0, 0.05) is 12.8 Å². The number of hydrogen-bond acceptors (Lipinski definition) is 5. The molecule has 0 amide bonds. The van der Waals surface area contributed by atoms with Gasteiger partial charge in [-0.1, -0.05) is 271 Å². The minimum Gasteiger partial charge on any atom is -0.462 e. The van der Waals surface area contributed by atoms with E-state index >= 15 is 0 Å². The maximum Gasteiger partial charge on any atom is 0.306 e. The van der Waals surface area contributed by atoms with Crippen LogP contribution in [0.1, 0.15) is 251 Å². The fourth-order valence-corrected chi connectivity index (χ4v) is 7.68. The number of esters is 2. The van der Waals surface area contributed by atoms with E-state index in [0.29, 0.717) is 12.8 Å². The SMILES string of the molecule is CC/C=C\C/C=C\C/C=C\C/C=C\C/C=C\C/C=C\C/C=C\C/C=C\C/C=C\CCCC(=O)OC(CO)COC(=O)CCCCCCCCCCCCCCCCCCCCCCCCCC. The molecule has 0 radical (unpaired) electrons. The van der Waals surface area contributed by atoms with Crippen LogP contribution in [0.25, 0.3) is 0 Å². The molecular formula is C62H104O5. The molecule has 67 heavy (non-hydrogen) atoms. The summed E-state index contributed by atoms with van der Waals surface area (Å²) < 4.78 is 10.7. The lowest BCUT2D eigenvalue weighted by atomic mass is 10.0. The normalized spacial score (nSPS) is 13.1. The number of aliphatic hydroxyl groups is 1. The van der Waals surface area contributed by atoms with Crippen molar-refractivity contribution in [3.63, 3.8) is 0 Å². The highest BCUT2D eigenvalue weighted by molar-refractivity contribution is 5.70. The van der Waals surface area contributed by atoms with E-state index in [4.69, 9.17) is 9.47 Å². The summed E-state index contributed by atoms with van der Waals surface area (Å²) in [6.45, 7) is 4.00. The second-order valence-electron chi connectivity index (χ2n) is 18.3. The summed E-state index contributed by atoms with van der Waals surface area (Å²) in [6, 6.07) is 0. The third-order valence-electron chi connectivity index (χ3n) is 11.8. The molecule has 0 heterocycles. The van der Waals surface area contributed by atoms with Crippen LogP contribution < -0.4 is 0 Å². The molecule has 0 fully saturated rings. The van der Waals surface area contributed by atoms with Crippen LogP contribution in [0.15, 0.2) is 109 Å². The number of carbonyl (C=O) groups is 2. The van der Waals surface area contributed by atoms with Crippen molar-refractivity contribution in [3.8, 4) is 0 Å². The number of carbonyl (C=O) groups excluding carboxylic acids is 2. The van der Waals surface area contributed by atoms with Crippen molar-refractivity contribution in [1.29, 1.82) is 0 Å². The van der Waals surface area contributed by atoms with Crippen molar-refractivity contribution in [2.75, 3.05) is 13.2 Å². The van der Waals surface area contributed by atoms with E-state index in [1.165, 1.54) is 135 Å². The Morgan fingerprint density at radius 1 is 0.358 bits per heavy atom. The molecule has 5 nitrogen and oxygen atoms in total. The van der Waals surface area contributed by atoms with Crippen molar-refractivity contribution in [1.82, 2.24) is 0 Å². The Morgan fingerprint density at radius 2 is 0.642 bits per heavy atom. The van der Waals surface area contributed by atoms with Crippen molar-refractivity contribution < 1.29 is 24.2 Å². The maximum atomic E-state index is 12.3. The van der Waals surface area contributed by atoms with Crippen molar-refractivity contribution in [2.45, 2.75) is 258 Å². The first kappa shape index (κ1) is 63.6. The molecule has 1 N–H and O–H groups in total. The van der Waals surface area contributed by atoms with E-state index in [2.05, 4.69) is 123 Å². The fourth-order valence-electron chi connectivity index (χ4n) is 7.68. The second-order valence-corrected chi connectivity index (χ2v) is 18.3. The molecule has 0 aliphatic carbocycles. The Balaban J connectivity index is 3.62. The molecule has 0 saturated carbocycles. The fraction of sp³-hybridized carbons (Fsp3) is 0.677. The smallest absolute Gasteiger partial charge is 0.306 e. The first-order valence-electron chi connectivity index (χ1n) is 27.9. The van der Waals surface area contributed by atoms with Gasteiger partial charge in [-0.05, 0) is 77.0 Å². The molecular weight excluding hydrogens is 825 g/mol. The minimum absolute atomic E-state index is 0.0928. The van der Waals surface area contributed by atoms with Crippen molar-refractivity contribution in [3.05, 3.63) is 109 Å². The van der Waals surface area contributed by atoms with Gasteiger partial charge in [0.25, 0.3) is 0 Å². The Morgan fingerprint density at radius 3 is 0.955 bits per heavy atom. The van der Waals surface area contributed by atoms with Gasteiger partial charge in [0.2, 0.25) is 0 Å². The second kappa shape index (κ2) is 56.9. The van der Waals surface area contributed by atoms with E-state index in [1.807, 2.05) is 0 Å². The highest BCUT2D eigenvalue weighted by Gasteiger charge is 2.16. The average Bonchev–Trinajstić information content (AvgIpc) is 3.33. The first-order chi connectivity index (χ1) is 33.1. The molecule has 0 aromatic heterocycles. The summed E-state index contributed by atoms with van der Waals surface area (Å²) in [5, 5.41) is 9.64. The quantitative estimate of drug-likeness (QED) is 0.0374. The zero-order chi connectivity index (χ0) is 48.5. The molecule has 0 saturated heterocycles. The van der Waals surface area contributed by atoms with Gasteiger partial charge in [0.1, 0.15) is 6.61 Å². The summed E-state index contributed by atoms with van der Waals surface area (Å²) in [5.74, 6) is -0.659. The largest absolute Gasteiger partial charge is 0.462 e. The molecule has 0 bridgehead atoms. The Labute approximate surface area is 414 Å². The minimum atomic E-state index is -0.809. The lowest BCUT2D eigenvalue weighted by Crippen LogP contribution is -2.28. The van der Waals surface area contributed by atoms with Gasteiger partial charge in [0.05, 0.1) is 6.61 Å². The molecule has 0 rings (SSSR count). The molecule has 1 unspecified atom stereocenters. The molecule has 0 aliphatic rings. The zero-order valence-electron chi connectivity index (χ0n) is 43.6. The Hall–Kier alpha value is -3.44. The van der Waals surface area contributed by atoms with Gasteiger partial charge in [-0.15, -0.1) is 0 Å². The maximum absolute atomic E-state index is 12.3. The van der Waals surface area contributed by atoms with Gasteiger partial charge in [-0.2, -0.15) is 0 Å². The summed E-state index contributed by atoms with van der Waals surface area (Å²) in [7, 11) is 0. The topological polar surface area (TPSA) is 72.8 Å². The molecule has 0 aliphatic heterocycles. The number of allylic oxidation sites excluding steroid dienone is 18. The van der Waals surface area contributed by atoms with Gasteiger partial charge in [-0.3, -0.25) is 9.59 Å². The first-order valence-corrected chi connectivity index (χ1v) is 27.9. The predicted molar refractivity (Wildman–Crippen MR) is 292 cm³/mol. The molecule has 0 spiro atoms. The van der Waals surface area contributed by atoms with E-state index in [-0.39, 0.29) is 31.6 Å². The third kappa shape index (κ3) is 55.0. The number of unbranched alkanes of at least 4 members (excludes halogenated alkanes) is 24. The van der Waals surface area contributed by atoms with E-state index in [9.17, 15) is 14.7 Å². The summed E-state index contributed by atoms with van der Waals surface area (Å²) in [6.07, 6.45) is 82.0. The number of hydrogen-bond donors (Lipinski definition) is 1. The van der Waals surface area contributed by atoms with Crippen LogP contribution in [-0.4, -0.2) is 36.4 Å². The van der Waals surface area contributed by atoms with E-state index in [0.717, 1.165) is 83.5 Å². The predicted octanol–water partition coefficient (Wildman–Crippen LogP) is 18.9. The standard InChI is InChI=1S/C62H104O5/c1-3-5-7-9-11-13-15-17-19-21-23-25-27-29-30-31-32-33-35-37-39-41-43-45-47-49-51-53-55-57-62(65)67-60(58-63)59-66-61(64)56-54-52-50-48-46-44-42-40-38-36-34-28-26-24-22-20-18-16-14-12-10-8-6-4-2/h5,7,11,13,17,19,23,25,29-30,32-33,37,39,43,45,49,51,60,63H,3-4,6,8-10,12,14-16,18,20-22,24,26-28,31,34-36,38,40-42,44,46-48,50,52-59H2,1-2H3/b7-5-,13-11-,19-17-,25-23-,30-29-,33-32-,39-37-,45-43-,51-49-. The summed E-state index contributed by atoms with van der Waals surface area (Å²) in [5.41, 5.74) is 0. The monoisotopic (exact) mass is 929 g/mol. The lowest BCUT2D eigenvalue weighted by Gasteiger charge is -2.15. The number of ether oxygens (including phenoxy) is 2. The van der Waals surface area contributed by atoms with Gasteiger partial charge >= 0.3 is 11.9 Å². The van der Waals surface area contributed by atoms with Crippen LogP contribution in [0, 0.1) is 0 Å². The Bertz CT molecular complexity index is 1330. The van der Waals surface area contributed by atoms with Crippen LogP contribution in [0.2, 0.25) is 0 Å². The van der Waals surface area contributed by atoms with Crippen molar-refractivity contribution >= 4 is 11.9 Å².